The van der Waals surface area contributed by atoms with Crippen molar-refractivity contribution in [1.82, 2.24) is 0 Å². The maximum atomic E-state index is 12.3. The highest BCUT2D eigenvalue weighted by atomic mass is 16.5. The van der Waals surface area contributed by atoms with Gasteiger partial charge in [0.15, 0.2) is 0 Å². The van der Waals surface area contributed by atoms with Crippen molar-refractivity contribution in [3.05, 3.63) is 65.8 Å². The minimum Gasteiger partial charge on any atom is -0.463 e. The van der Waals surface area contributed by atoms with Gasteiger partial charge < -0.3 is 4.74 Å². The third kappa shape index (κ3) is 2.22. The van der Waals surface area contributed by atoms with E-state index in [1.807, 2.05) is 31.2 Å². The Balaban J connectivity index is 2.12. The molecule has 0 heterocycles. The van der Waals surface area contributed by atoms with Crippen LogP contribution in [-0.2, 0) is 9.53 Å². The molecule has 0 saturated heterocycles. The minimum absolute atomic E-state index is 0.168. The number of allylic oxidation sites excluding steroid dienone is 5. The summed E-state index contributed by atoms with van der Waals surface area (Å²) in [5, 5.41) is 0. The molecule has 0 saturated carbocycles. The van der Waals surface area contributed by atoms with Gasteiger partial charge in [-0.05, 0) is 24.5 Å². The van der Waals surface area contributed by atoms with E-state index >= 15 is 0 Å². The SMILES string of the molecule is CCOC(=O)C1=C(c2ccccc2)[C@@H]2C=CC=CC1C2. The van der Waals surface area contributed by atoms with Gasteiger partial charge in [-0.25, -0.2) is 4.79 Å². The minimum atomic E-state index is -0.168. The lowest BCUT2D eigenvalue weighted by atomic mass is 9.93. The zero-order valence-corrected chi connectivity index (χ0v) is 11.6. The van der Waals surface area contributed by atoms with Gasteiger partial charge in [0.1, 0.15) is 0 Å². The van der Waals surface area contributed by atoms with Crippen LogP contribution in [0.15, 0.2) is 60.2 Å². The lowest BCUT2D eigenvalue weighted by Crippen LogP contribution is -2.13. The van der Waals surface area contributed by atoms with E-state index in [0.29, 0.717) is 12.5 Å². The molecule has 20 heavy (non-hydrogen) atoms. The molecule has 0 radical (unpaired) electrons. The van der Waals surface area contributed by atoms with Crippen molar-refractivity contribution in [3.8, 4) is 0 Å². The normalized spacial score (nSPS) is 23.9. The van der Waals surface area contributed by atoms with E-state index in [-0.39, 0.29) is 11.9 Å². The van der Waals surface area contributed by atoms with E-state index in [1.165, 1.54) is 0 Å². The Bertz CT molecular complexity index is 593. The first-order valence-corrected chi connectivity index (χ1v) is 7.13. The van der Waals surface area contributed by atoms with Crippen molar-refractivity contribution in [2.24, 2.45) is 11.8 Å². The molecular formula is C18H18O2. The number of carbonyl (C=O) groups is 1. The first-order valence-electron chi connectivity index (χ1n) is 7.13. The van der Waals surface area contributed by atoms with Crippen molar-refractivity contribution in [3.63, 3.8) is 0 Å². The molecule has 0 spiro atoms. The van der Waals surface area contributed by atoms with Crippen LogP contribution in [-0.4, -0.2) is 12.6 Å². The summed E-state index contributed by atoms with van der Waals surface area (Å²) in [5.41, 5.74) is 3.10. The second kappa shape index (κ2) is 5.49. The Morgan fingerprint density at radius 2 is 1.85 bits per heavy atom. The summed E-state index contributed by atoms with van der Waals surface area (Å²) in [7, 11) is 0. The summed E-state index contributed by atoms with van der Waals surface area (Å²) in [4.78, 5) is 12.3. The summed E-state index contributed by atoms with van der Waals surface area (Å²) in [6.45, 7) is 2.27. The van der Waals surface area contributed by atoms with Crippen LogP contribution in [0.3, 0.4) is 0 Å². The van der Waals surface area contributed by atoms with Crippen molar-refractivity contribution in [2.45, 2.75) is 13.3 Å². The van der Waals surface area contributed by atoms with Gasteiger partial charge in [-0.15, -0.1) is 0 Å². The van der Waals surface area contributed by atoms with Crippen LogP contribution in [0, 0.1) is 11.8 Å². The van der Waals surface area contributed by atoms with Crippen LogP contribution in [0.5, 0.6) is 0 Å². The highest BCUT2D eigenvalue weighted by Gasteiger charge is 2.36. The Labute approximate surface area is 119 Å². The van der Waals surface area contributed by atoms with Crippen LogP contribution in [0.25, 0.3) is 5.57 Å². The van der Waals surface area contributed by atoms with E-state index < -0.39 is 0 Å². The van der Waals surface area contributed by atoms with Gasteiger partial charge in [0, 0.05) is 17.4 Å². The van der Waals surface area contributed by atoms with Crippen LogP contribution >= 0.6 is 0 Å². The zero-order valence-electron chi connectivity index (χ0n) is 11.6. The third-order valence-corrected chi connectivity index (χ3v) is 3.92. The van der Waals surface area contributed by atoms with E-state index in [9.17, 15) is 4.79 Å². The van der Waals surface area contributed by atoms with E-state index in [2.05, 4.69) is 30.4 Å². The topological polar surface area (TPSA) is 26.3 Å². The fourth-order valence-corrected chi connectivity index (χ4v) is 3.11. The molecule has 2 bridgehead atoms. The molecule has 0 aromatic heterocycles. The van der Waals surface area contributed by atoms with Gasteiger partial charge in [0.25, 0.3) is 0 Å². The maximum Gasteiger partial charge on any atom is 0.334 e. The fraction of sp³-hybridized carbons (Fsp3) is 0.278. The number of rotatable bonds is 3. The zero-order chi connectivity index (χ0) is 13.9. The molecule has 1 aromatic carbocycles. The highest BCUT2D eigenvalue weighted by molar-refractivity contribution is 6.01. The number of ether oxygens (including phenoxy) is 1. The molecule has 3 rings (SSSR count). The summed E-state index contributed by atoms with van der Waals surface area (Å²) >= 11 is 0. The molecule has 0 aliphatic heterocycles. The molecule has 0 fully saturated rings. The first-order chi connectivity index (χ1) is 9.81. The summed E-state index contributed by atoms with van der Waals surface area (Å²) in [6, 6.07) is 10.2. The van der Waals surface area contributed by atoms with Crippen molar-refractivity contribution in [2.75, 3.05) is 6.61 Å². The van der Waals surface area contributed by atoms with Crippen LogP contribution in [0.4, 0.5) is 0 Å². The van der Waals surface area contributed by atoms with Crippen LogP contribution in [0.2, 0.25) is 0 Å². The Hall–Kier alpha value is -2.09. The van der Waals surface area contributed by atoms with E-state index in [1.54, 1.807) is 0 Å². The largest absolute Gasteiger partial charge is 0.463 e. The first kappa shape index (κ1) is 12.9. The standard InChI is InChI=1S/C18H18O2/c1-2-20-18(19)17-15-11-7-6-10-14(12-15)16(17)13-8-4-3-5-9-13/h3-11,14-15H,2,12H2,1H3/t14-,15?/m1/s1. The lowest BCUT2D eigenvalue weighted by molar-refractivity contribution is -0.138. The average Bonchev–Trinajstić information content (AvgIpc) is 2.64. The fourth-order valence-electron chi connectivity index (χ4n) is 3.11. The molecule has 102 valence electrons. The molecule has 2 atom stereocenters. The van der Waals surface area contributed by atoms with Crippen molar-refractivity contribution in [1.29, 1.82) is 0 Å². The Kier molecular flexibility index (Phi) is 3.55. The van der Waals surface area contributed by atoms with Gasteiger partial charge in [-0.3, -0.25) is 0 Å². The number of benzene rings is 1. The van der Waals surface area contributed by atoms with E-state index in [0.717, 1.165) is 23.1 Å². The van der Waals surface area contributed by atoms with Gasteiger partial charge in [0.2, 0.25) is 0 Å². The number of fused-ring (bicyclic) bond motifs is 2. The Morgan fingerprint density at radius 3 is 2.55 bits per heavy atom. The van der Waals surface area contributed by atoms with Crippen molar-refractivity contribution < 1.29 is 9.53 Å². The molecule has 2 aliphatic rings. The molecule has 1 aromatic rings. The average molecular weight is 266 g/mol. The second-order valence-electron chi connectivity index (χ2n) is 5.13. The monoisotopic (exact) mass is 266 g/mol. The molecule has 0 amide bonds. The Morgan fingerprint density at radius 1 is 1.15 bits per heavy atom. The van der Waals surface area contributed by atoms with Crippen molar-refractivity contribution >= 4 is 11.5 Å². The predicted molar refractivity (Wildman–Crippen MR) is 79.9 cm³/mol. The molecule has 0 N–H and O–H groups in total. The van der Waals surface area contributed by atoms with E-state index in [4.69, 9.17) is 4.74 Å². The van der Waals surface area contributed by atoms with Crippen LogP contribution in [0.1, 0.15) is 18.9 Å². The van der Waals surface area contributed by atoms with Gasteiger partial charge in [0.05, 0.1) is 6.61 Å². The summed E-state index contributed by atoms with van der Waals surface area (Å²) < 4.78 is 5.27. The molecule has 2 heteroatoms. The second-order valence-corrected chi connectivity index (χ2v) is 5.13. The smallest absolute Gasteiger partial charge is 0.334 e. The number of hydrogen-bond donors (Lipinski definition) is 0. The predicted octanol–water partition coefficient (Wildman–Crippen LogP) is 3.77. The quantitative estimate of drug-likeness (QED) is 0.778. The molecule has 2 nitrogen and oxygen atoms in total. The number of carbonyl (C=O) groups excluding carboxylic acids is 1. The summed E-state index contributed by atoms with van der Waals surface area (Å²) in [6.07, 6.45) is 9.37. The molecular weight excluding hydrogens is 248 g/mol. The molecule has 1 unspecified atom stereocenters. The number of hydrogen-bond acceptors (Lipinski definition) is 2. The number of esters is 1. The van der Waals surface area contributed by atoms with Gasteiger partial charge in [-0.1, -0.05) is 54.6 Å². The highest BCUT2D eigenvalue weighted by Crippen LogP contribution is 2.45. The van der Waals surface area contributed by atoms with Gasteiger partial charge >= 0.3 is 5.97 Å². The maximum absolute atomic E-state index is 12.3. The van der Waals surface area contributed by atoms with Gasteiger partial charge in [-0.2, -0.15) is 0 Å². The third-order valence-electron chi connectivity index (χ3n) is 3.92. The summed E-state index contributed by atoms with van der Waals surface area (Å²) in [5.74, 6) is 0.305. The molecule has 2 aliphatic carbocycles. The van der Waals surface area contributed by atoms with Crippen LogP contribution < -0.4 is 0 Å². The lowest BCUT2D eigenvalue weighted by Gasteiger charge is -2.13.